The summed E-state index contributed by atoms with van der Waals surface area (Å²) in [6.07, 6.45) is -1.15. The molecule has 0 N–H and O–H groups in total. The lowest BCUT2D eigenvalue weighted by atomic mass is 10.3. The van der Waals surface area contributed by atoms with Crippen LogP contribution in [0.4, 0.5) is 4.39 Å². The van der Waals surface area contributed by atoms with E-state index in [9.17, 15) is 4.39 Å². The van der Waals surface area contributed by atoms with E-state index in [0.29, 0.717) is 0 Å². The lowest BCUT2D eigenvalue weighted by molar-refractivity contribution is 0.566. The highest BCUT2D eigenvalue weighted by Gasteiger charge is 2.08. The summed E-state index contributed by atoms with van der Waals surface area (Å²) >= 11 is 0. The third kappa shape index (κ3) is 2.34. The van der Waals surface area contributed by atoms with Crippen LogP contribution in [0.25, 0.3) is 20.9 Å². The SMILES string of the molecule is [N-]=[N+]=NC(N=[N+]=[N-])c1cccc(F)n1. The van der Waals surface area contributed by atoms with E-state index in [0.717, 1.165) is 6.07 Å². The molecular weight excluding hydrogens is 189 g/mol. The minimum Gasteiger partial charge on any atom is -0.224 e. The maximum Gasteiger partial charge on any atom is 0.213 e. The standard InChI is InChI=1S/C6H4FN7/c7-5-3-1-2-4(10-5)6(11-13-8)12-14-9/h1-3,6H. The highest BCUT2D eigenvalue weighted by molar-refractivity contribution is 5.09. The Morgan fingerprint density at radius 2 is 1.93 bits per heavy atom. The van der Waals surface area contributed by atoms with E-state index in [1.54, 1.807) is 0 Å². The number of rotatable bonds is 3. The fraction of sp³-hybridized carbons (Fsp3) is 0.167. The summed E-state index contributed by atoms with van der Waals surface area (Å²) in [4.78, 5) is 8.33. The van der Waals surface area contributed by atoms with Gasteiger partial charge in [-0.15, -0.1) is 0 Å². The van der Waals surface area contributed by atoms with E-state index in [4.69, 9.17) is 11.1 Å². The monoisotopic (exact) mass is 193 g/mol. The summed E-state index contributed by atoms with van der Waals surface area (Å²) in [5, 5.41) is 6.31. The van der Waals surface area contributed by atoms with Gasteiger partial charge in [0.2, 0.25) is 5.95 Å². The second kappa shape index (κ2) is 4.66. The molecule has 0 saturated heterocycles. The van der Waals surface area contributed by atoms with Crippen molar-refractivity contribution in [3.63, 3.8) is 0 Å². The molecule has 0 radical (unpaired) electrons. The number of aromatic nitrogens is 1. The molecule has 0 amide bonds. The third-order valence-corrected chi connectivity index (χ3v) is 1.32. The number of hydrogen-bond acceptors (Lipinski definition) is 3. The maximum atomic E-state index is 12.6. The van der Waals surface area contributed by atoms with E-state index in [-0.39, 0.29) is 5.69 Å². The zero-order valence-corrected chi connectivity index (χ0v) is 6.82. The second-order valence-corrected chi connectivity index (χ2v) is 2.17. The van der Waals surface area contributed by atoms with Crippen LogP contribution in [0.2, 0.25) is 0 Å². The van der Waals surface area contributed by atoms with E-state index in [1.807, 2.05) is 0 Å². The van der Waals surface area contributed by atoms with Crippen molar-refractivity contribution in [1.82, 2.24) is 4.98 Å². The molecule has 1 aromatic heterocycles. The van der Waals surface area contributed by atoms with Crippen LogP contribution in [0, 0.1) is 5.95 Å². The Labute approximate surface area is 77.4 Å². The van der Waals surface area contributed by atoms with Crippen molar-refractivity contribution in [3.8, 4) is 0 Å². The van der Waals surface area contributed by atoms with E-state index < -0.39 is 12.1 Å². The Bertz CT molecular complexity index is 400. The summed E-state index contributed by atoms with van der Waals surface area (Å²) in [5.74, 6) is -0.728. The van der Waals surface area contributed by atoms with Gasteiger partial charge in [0, 0.05) is 9.82 Å². The first kappa shape index (κ1) is 9.79. The van der Waals surface area contributed by atoms with Gasteiger partial charge in [0.05, 0.1) is 5.69 Å². The molecule has 0 spiro atoms. The van der Waals surface area contributed by atoms with Gasteiger partial charge >= 0.3 is 0 Å². The molecule has 1 rings (SSSR count). The Kier molecular flexibility index (Phi) is 3.26. The van der Waals surface area contributed by atoms with Crippen LogP contribution in [0.1, 0.15) is 11.9 Å². The number of azide groups is 1. The summed E-state index contributed by atoms with van der Waals surface area (Å²) in [5.41, 5.74) is 16.4. The molecule has 0 aliphatic heterocycles. The predicted molar refractivity (Wildman–Crippen MR) is 45.2 cm³/mol. The molecule has 0 aliphatic rings. The molecule has 1 heterocycles. The molecule has 14 heavy (non-hydrogen) atoms. The molecule has 0 unspecified atom stereocenters. The van der Waals surface area contributed by atoms with Gasteiger partial charge in [0.1, 0.15) is 0 Å². The highest BCUT2D eigenvalue weighted by Crippen LogP contribution is 2.16. The van der Waals surface area contributed by atoms with Crippen molar-refractivity contribution < 1.29 is 4.39 Å². The maximum absolute atomic E-state index is 12.6. The quantitative estimate of drug-likeness (QED) is 0.312. The van der Waals surface area contributed by atoms with Gasteiger partial charge in [-0.3, -0.25) is 0 Å². The lowest BCUT2D eigenvalue weighted by Gasteiger charge is -2.01. The van der Waals surface area contributed by atoms with Crippen LogP contribution in [-0.2, 0) is 0 Å². The minimum atomic E-state index is -1.15. The molecular formula is C6H4FN7. The molecule has 0 bridgehead atoms. The molecule has 70 valence electrons. The predicted octanol–water partition coefficient (Wildman–Crippen LogP) is 2.84. The first-order chi connectivity index (χ1) is 6.77. The van der Waals surface area contributed by atoms with Gasteiger partial charge in [-0.25, -0.2) is 4.98 Å². The average Bonchev–Trinajstić information content (AvgIpc) is 2.17. The summed E-state index contributed by atoms with van der Waals surface area (Å²) < 4.78 is 12.6. The number of halogens is 1. The van der Waals surface area contributed by atoms with Crippen LogP contribution in [-0.4, -0.2) is 4.98 Å². The summed E-state index contributed by atoms with van der Waals surface area (Å²) in [6.45, 7) is 0. The molecule has 0 aromatic carbocycles. The molecule has 0 saturated carbocycles. The number of nitrogens with zero attached hydrogens (tertiary/aromatic N) is 7. The minimum absolute atomic E-state index is 0.0700. The van der Waals surface area contributed by atoms with Gasteiger partial charge in [-0.1, -0.05) is 16.3 Å². The van der Waals surface area contributed by atoms with Gasteiger partial charge in [-0.05, 0) is 23.2 Å². The molecule has 7 nitrogen and oxygen atoms in total. The van der Waals surface area contributed by atoms with Gasteiger partial charge in [0.15, 0.2) is 6.17 Å². The zero-order chi connectivity index (χ0) is 10.4. The summed E-state index contributed by atoms with van der Waals surface area (Å²) in [7, 11) is 0. The number of pyridine rings is 1. The Hall–Kier alpha value is -2.30. The highest BCUT2D eigenvalue weighted by atomic mass is 19.1. The van der Waals surface area contributed by atoms with Crippen LogP contribution in [0.3, 0.4) is 0 Å². The van der Waals surface area contributed by atoms with Crippen LogP contribution in [0.15, 0.2) is 28.4 Å². The third-order valence-electron chi connectivity index (χ3n) is 1.32. The van der Waals surface area contributed by atoms with E-state index in [1.165, 1.54) is 12.1 Å². The first-order valence-corrected chi connectivity index (χ1v) is 3.49. The fourth-order valence-corrected chi connectivity index (χ4v) is 0.807. The largest absolute Gasteiger partial charge is 0.224 e. The Morgan fingerprint density at radius 1 is 1.29 bits per heavy atom. The van der Waals surface area contributed by atoms with Crippen LogP contribution >= 0.6 is 0 Å². The van der Waals surface area contributed by atoms with E-state index in [2.05, 4.69) is 25.0 Å². The molecule has 1 aromatic rings. The van der Waals surface area contributed by atoms with Gasteiger partial charge in [0.25, 0.3) is 0 Å². The van der Waals surface area contributed by atoms with Gasteiger partial charge in [-0.2, -0.15) is 4.39 Å². The number of hydrogen-bond donors (Lipinski definition) is 0. The average molecular weight is 193 g/mol. The summed E-state index contributed by atoms with van der Waals surface area (Å²) in [6, 6.07) is 3.91. The van der Waals surface area contributed by atoms with Crippen molar-refractivity contribution in [1.29, 1.82) is 0 Å². The topological polar surface area (TPSA) is 110 Å². The van der Waals surface area contributed by atoms with Crippen molar-refractivity contribution in [2.45, 2.75) is 6.17 Å². The normalized spacial score (nSPS) is 10.9. The second-order valence-electron chi connectivity index (χ2n) is 2.17. The fourth-order valence-electron chi connectivity index (χ4n) is 0.807. The molecule has 0 atom stereocenters. The van der Waals surface area contributed by atoms with Gasteiger partial charge < -0.3 is 0 Å². The molecule has 8 heteroatoms. The lowest BCUT2D eigenvalue weighted by Crippen LogP contribution is -1.95. The van der Waals surface area contributed by atoms with E-state index >= 15 is 0 Å². The van der Waals surface area contributed by atoms with Crippen LogP contribution < -0.4 is 0 Å². The van der Waals surface area contributed by atoms with Crippen molar-refractivity contribution in [2.75, 3.05) is 0 Å². The Morgan fingerprint density at radius 3 is 2.43 bits per heavy atom. The van der Waals surface area contributed by atoms with Crippen molar-refractivity contribution in [2.24, 2.45) is 10.2 Å². The molecule has 0 aliphatic carbocycles. The first-order valence-electron chi connectivity index (χ1n) is 3.49. The van der Waals surface area contributed by atoms with Crippen molar-refractivity contribution in [3.05, 3.63) is 50.7 Å². The Balaban J connectivity index is 3.10. The molecule has 0 fully saturated rings. The van der Waals surface area contributed by atoms with Crippen molar-refractivity contribution >= 4 is 0 Å². The zero-order valence-electron chi connectivity index (χ0n) is 6.82. The van der Waals surface area contributed by atoms with Crippen LogP contribution in [0.5, 0.6) is 0 Å². The smallest absolute Gasteiger partial charge is 0.213 e.